The van der Waals surface area contributed by atoms with Crippen LogP contribution >= 0.6 is 0 Å². The topological polar surface area (TPSA) is 67.7 Å². The number of pyridine rings is 2. The fraction of sp³-hybridized carbons (Fsp3) is 0.194. The number of amides is 1. The third-order valence-corrected chi connectivity index (χ3v) is 7.16. The first-order valence-electron chi connectivity index (χ1n) is 13.0. The van der Waals surface area contributed by atoms with Crippen molar-refractivity contribution < 1.29 is 18.3 Å². The molecule has 6 rings (SSSR count). The molecule has 40 heavy (non-hydrogen) atoms. The Morgan fingerprint density at radius 3 is 2.55 bits per heavy atom. The van der Waals surface area contributed by atoms with Crippen LogP contribution in [0.1, 0.15) is 45.3 Å². The molecule has 1 amide bonds. The average Bonchev–Trinajstić information content (AvgIpc) is 3.00. The molecule has 0 saturated carbocycles. The molecular formula is C31H26F2N4O3. The fourth-order valence-electron chi connectivity index (χ4n) is 5.23. The molecule has 4 heterocycles. The van der Waals surface area contributed by atoms with Gasteiger partial charge in [0.05, 0.1) is 5.69 Å². The summed E-state index contributed by atoms with van der Waals surface area (Å²) in [6.07, 6.45) is 7.99. The molecule has 2 aliphatic rings. The number of hydrogen-bond donors (Lipinski definition) is 0. The lowest BCUT2D eigenvalue weighted by Gasteiger charge is -2.43. The standard InChI is InChI=1S/C31H26F2N4O3/c32-24-17-22-11-5-2-8-15-35-20-37(28(23(22)18-25(24)33)26-12-6-7-14-34-26)36-16-13-27(38)30(29(36)31(35)39)40-19-21-9-3-1-4-10-21/h1-4,6-10,12-14,16-18,28H,5,11,15,19-20H2/b8-2-. The molecule has 0 fully saturated rings. The van der Waals surface area contributed by atoms with Crippen LogP contribution in [-0.4, -0.2) is 33.7 Å². The molecule has 4 aromatic rings. The van der Waals surface area contributed by atoms with Gasteiger partial charge in [-0.3, -0.25) is 24.3 Å². The highest BCUT2D eigenvalue weighted by Gasteiger charge is 2.38. The largest absolute Gasteiger partial charge is 0.482 e. The number of aromatic nitrogens is 2. The number of halogens is 2. The highest BCUT2D eigenvalue weighted by molar-refractivity contribution is 5.96. The maximum atomic E-state index is 14.8. The van der Waals surface area contributed by atoms with Gasteiger partial charge in [0, 0.05) is 25.0 Å². The van der Waals surface area contributed by atoms with Gasteiger partial charge in [-0.05, 0) is 53.8 Å². The summed E-state index contributed by atoms with van der Waals surface area (Å²) in [6.45, 7) is 0.485. The Hall–Kier alpha value is -4.79. The SMILES string of the molecule is O=C1c2c(OCc3ccccc3)c(=O)ccn2N2CN1C/C=C\CCc1cc(F)c(F)cc1C2c1ccccn1. The number of benzene rings is 2. The van der Waals surface area contributed by atoms with Gasteiger partial charge in [0.1, 0.15) is 19.3 Å². The third-order valence-electron chi connectivity index (χ3n) is 7.16. The Morgan fingerprint density at radius 2 is 1.75 bits per heavy atom. The van der Waals surface area contributed by atoms with E-state index in [9.17, 15) is 18.4 Å². The van der Waals surface area contributed by atoms with Crippen LogP contribution in [-0.2, 0) is 13.0 Å². The lowest BCUT2D eigenvalue weighted by Crippen LogP contribution is -2.55. The van der Waals surface area contributed by atoms with Crippen molar-refractivity contribution in [3.63, 3.8) is 0 Å². The summed E-state index contributed by atoms with van der Waals surface area (Å²) < 4.78 is 36.8. The van der Waals surface area contributed by atoms with Crippen molar-refractivity contribution in [2.45, 2.75) is 25.5 Å². The monoisotopic (exact) mass is 540 g/mol. The molecule has 0 saturated heterocycles. The number of carbonyl (C=O) groups is 1. The maximum Gasteiger partial charge on any atom is 0.278 e. The van der Waals surface area contributed by atoms with Gasteiger partial charge in [0.2, 0.25) is 5.43 Å². The molecule has 2 aromatic heterocycles. The van der Waals surface area contributed by atoms with Crippen LogP contribution < -0.4 is 15.2 Å². The quantitative estimate of drug-likeness (QED) is 0.350. The predicted octanol–water partition coefficient (Wildman–Crippen LogP) is 4.74. The van der Waals surface area contributed by atoms with Crippen LogP contribution in [0.5, 0.6) is 5.75 Å². The van der Waals surface area contributed by atoms with Crippen LogP contribution in [0.4, 0.5) is 8.78 Å². The highest BCUT2D eigenvalue weighted by Crippen LogP contribution is 2.35. The Morgan fingerprint density at radius 1 is 0.950 bits per heavy atom. The minimum absolute atomic E-state index is 0.0624. The van der Waals surface area contributed by atoms with Crippen molar-refractivity contribution in [2.75, 3.05) is 18.2 Å². The Labute approximate surface area is 229 Å². The molecular weight excluding hydrogens is 514 g/mol. The number of allylic oxidation sites excluding steroid dienone is 1. The van der Waals surface area contributed by atoms with Gasteiger partial charge in [-0.2, -0.15) is 0 Å². The molecule has 0 radical (unpaired) electrons. The molecule has 202 valence electrons. The summed E-state index contributed by atoms with van der Waals surface area (Å²) in [4.78, 5) is 33.1. The number of aryl methyl sites for hydroxylation is 1. The number of carbonyl (C=O) groups excluding carboxylic acids is 1. The summed E-state index contributed by atoms with van der Waals surface area (Å²) in [6, 6.07) is 17.8. The molecule has 2 bridgehead atoms. The van der Waals surface area contributed by atoms with Gasteiger partial charge in [0.15, 0.2) is 23.1 Å². The van der Waals surface area contributed by atoms with Crippen LogP contribution in [0.15, 0.2) is 96.1 Å². The molecule has 0 N–H and O–H groups in total. The maximum absolute atomic E-state index is 14.8. The van der Waals surface area contributed by atoms with E-state index in [-0.39, 0.29) is 37.2 Å². The van der Waals surface area contributed by atoms with E-state index in [1.807, 2.05) is 59.6 Å². The predicted molar refractivity (Wildman–Crippen MR) is 145 cm³/mol. The van der Waals surface area contributed by atoms with Crippen LogP contribution in [0.25, 0.3) is 0 Å². The fourth-order valence-corrected chi connectivity index (χ4v) is 5.23. The van der Waals surface area contributed by atoms with Crippen molar-refractivity contribution in [3.05, 3.63) is 141 Å². The van der Waals surface area contributed by atoms with E-state index in [1.54, 1.807) is 21.8 Å². The second kappa shape index (κ2) is 10.8. The average molecular weight is 541 g/mol. The number of fused-ring (bicyclic) bond motifs is 5. The third kappa shape index (κ3) is 4.75. The molecule has 0 spiro atoms. The molecule has 2 aliphatic heterocycles. The van der Waals surface area contributed by atoms with E-state index in [0.29, 0.717) is 29.7 Å². The van der Waals surface area contributed by atoms with Crippen molar-refractivity contribution >= 4 is 5.91 Å². The van der Waals surface area contributed by atoms with E-state index in [4.69, 9.17) is 4.74 Å². The second-order valence-corrected chi connectivity index (χ2v) is 9.72. The number of nitrogens with zero attached hydrogens (tertiary/aromatic N) is 4. The first kappa shape index (κ1) is 25.5. The van der Waals surface area contributed by atoms with E-state index < -0.39 is 23.1 Å². The number of ether oxygens (including phenoxy) is 1. The van der Waals surface area contributed by atoms with Crippen LogP contribution in [0, 0.1) is 11.6 Å². The van der Waals surface area contributed by atoms with E-state index in [2.05, 4.69) is 4.98 Å². The van der Waals surface area contributed by atoms with Gasteiger partial charge in [-0.25, -0.2) is 8.78 Å². The van der Waals surface area contributed by atoms with Crippen molar-refractivity contribution in [2.24, 2.45) is 0 Å². The lowest BCUT2D eigenvalue weighted by molar-refractivity contribution is 0.0697. The van der Waals surface area contributed by atoms with Gasteiger partial charge in [-0.1, -0.05) is 48.6 Å². The van der Waals surface area contributed by atoms with Gasteiger partial charge < -0.3 is 9.64 Å². The minimum atomic E-state index is -0.970. The first-order chi connectivity index (χ1) is 19.5. The molecule has 1 unspecified atom stereocenters. The zero-order valence-corrected chi connectivity index (χ0v) is 21.5. The van der Waals surface area contributed by atoms with Gasteiger partial charge >= 0.3 is 0 Å². The lowest BCUT2D eigenvalue weighted by atomic mass is 9.93. The number of rotatable bonds is 4. The highest BCUT2D eigenvalue weighted by atomic mass is 19.2. The van der Waals surface area contributed by atoms with Crippen molar-refractivity contribution in [1.29, 1.82) is 0 Å². The smallest absolute Gasteiger partial charge is 0.278 e. The van der Waals surface area contributed by atoms with E-state index >= 15 is 0 Å². The molecule has 0 aliphatic carbocycles. The summed E-state index contributed by atoms with van der Waals surface area (Å²) in [7, 11) is 0. The van der Waals surface area contributed by atoms with Gasteiger partial charge in [0.25, 0.3) is 5.91 Å². The summed E-state index contributed by atoms with van der Waals surface area (Å²) in [5, 5.41) is 1.84. The molecule has 7 nitrogen and oxygen atoms in total. The molecule has 2 aromatic carbocycles. The van der Waals surface area contributed by atoms with Gasteiger partial charge in [-0.15, -0.1) is 0 Å². The van der Waals surface area contributed by atoms with Crippen LogP contribution in [0.3, 0.4) is 0 Å². The Kier molecular flexibility index (Phi) is 6.86. The summed E-state index contributed by atoms with van der Waals surface area (Å²) in [5.41, 5.74) is 2.21. The van der Waals surface area contributed by atoms with Crippen molar-refractivity contribution in [1.82, 2.24) is 14.6 Å². The normalized spacial score (nSPS) is 17.4. The zero-order valence-electron chi connectivity index (χ0n) is 21.5. The number of hydrogen-bond acceptors (Lipinski definition) is 5. The molecule has 1 atom stereocenters. The summed E-state index contributed by atoms with van der Waals surface area (Å²) >= 11 is 0. The summed E-state index contributed by atoms with van der Waals surface area (Å²) in [5.74, 6) is -2.34. The van der Waals surface area contributed by atoms with E-state index in [1.165, 1.54) is 24.4 Å². The van der Waals surface area contributed by atoms with Crippen LogP contribution in [0.2, 0.25) is 0 Å². The van der Waals surface area contributed by atoms with E-state index in [0.717, 1.165) is 5.56 Å². The zero-order chi connectivity index (χ0) is 27.6. The Balaban J connectivity index is 1.56. The Bertz CT molecular complexity index is 1640. The first-order valence-corrected chi connectivity index (χ1v) is 13.0. The second-order valence-electron chi connectivity index (χ2n) is 9.72. The minimum Gasteiger partial charge on any atom is -0.482 e. The van der Waals surface area contributed by atoms with Crippen molar-refractivity contribution in [3.8, 4) is 5.75 Å². The molecule has 9 heteroatoms.